The van der Waals surface area contributed by atoms with E-state index in [1.807, 2.05) is 0 Å². The molecule has 1 aliphatic rings. The maximum Gasteiger partial charge on any atom is 0.306 e. The smallest absolute Gasteiger partial charge is 0.306 e. The van der Waals surface area contributed by atoms with Gasteiger partial charge < -0.3 is 9.84 Å². The number of hydrogen-bond donors (Lipinski definition) is 1. The lowest BCUT2D eigenvalue weighted by atomic mass is 10.00. The van der Waals surface area contributed by atoms with Crippen LogP contribution in [-0.2, 0) is 10.2 Å². The van der Waals surface area contributed by atoms with E-state index in [4.69, 9.17) is 4.52 Å². The minimum absolute atomic E-state index is 0.0993. The third-order valence-corrected chi connectivity index (χ3v) is 4.73. The number of nitrogens with zero attached hydrogens (tertiary/aromatic N) is 2. The highest BCUT2D eigenvalue weighted by atomic mass is 19.1. The molecule has 1 saturated carbocycles. The molecule has 1 aromatic heterocycles. The molecule has 142 valence electrons. The summed E-state index contributed by atoms with van der Waals surface area (Å²) in [7, 11) is 0. The van der Waals surface area contributed by atoms with Crippen LogP contribution in [0.15, 0.2) is 53.1 Å². The standard InChI is InChI=1S/C19H13F2N3O4/c20-13-4-2-1-3-12(13)16-10-17(23-28-16)19(7-8-19)18(25)22-11-5-6-14(21)15(9-11)24(26)27/h1-6,9-10H,7-8H2,(H,22,25). The molecule has 1 aliphatic carbocycles. The van der Waals surface area contributed by atoms with Crippen molar-refractivity contribution < 1.29 is 23.0 Å². The van der Waals surface area contributed by atoms with E-state index in [9.17, 15) is 23.7 Å². The third-order valence-electron chi connectivity index (χ3n) is 4.73. The highest BCUT2D eigenvalue weighted by Gasteiger charge is 2.54. The molecule has 1 heterocycles. The molecule has 7 nitrogen and oxygen atoms in total. The molecule has 4 rings (SSSR count). The predicted molar refractivity (Wildman–Crippen MR) is 94.5 cm³/mol. The van der Waals surface area contributed by atoms with Crippen LogP contribution in [0.2, 0.25) is 0 Å². The molecule has 0 spiro atoms. The van der Waals surface area contributed by atoms with Gasteiger partial charge in [0.15, 0.2) is 5.76 Å². The minimum atomic E-state index is -0.991. The molecule has 0 aliphatic heterocycles. The number of hydrogen-bond acceptors (Lipinski definition) is 5. The summed E-state index contributed by atoms with van der Waals surface area (Å²) < 4.78 is 32.6. The molecule has 0 atom stereocenters. The highest BCUT2D eigenvalue weighted by molar-refractivity contribution is 6.01. The van der Waals surface area contributed by atoms with Crippen LogP contribution < -0.4 is 5.32 Å². The molecule has 0 radical (unpaired) electrons. The number of benzene rings is 2. The van der Waals surface area contributed by atoms with Gasteiger partial charge in [0.2, 0.25) is 11.7 Å². The second-order valence-electron chi connectivity index (χ2n) is 6.52. The van der Waals surface area contributed by atoms with E-state index in [1.165, 1.54) is 24.3 Å². The maximum atomic E-state index is 13.9. The summed E-state index contributed by atoms with van der Waals surface area (Å²) in [6.45, 7) is 0. The Hall–Kier alpha value is -3.62. The Labute approximate surface area is 157 Å². The van der Waals surface area contributed by atoms with E-state index in [0.29, 0.717) is 18.5 Å². The Morgan fingerprint density at radius 1 is 1.14 bits per heavy atom. The van der Waals surface area contributed by atoms with Gasteiger partial charge in [-0.15, -0.1) is 0 Å². The first-order valence-electron chi connectivity index (χ1n) is 8.38. The fourth-order valence-electron chi connectivity index (χ4n) is 2.99. The number of halogens is 2. The van der Waals surface area contributed by atoms with Crippen molar-refractivity contribution in [1.29, 1.82) is 0 Å². The molecule has 1 fully saturated rings. The normalized spacial score (nSPS) is 14.5. The number of amides is 1. The topological polar surface area (TPSA) is 98.3 Å². The summed E-state index contributed by atoms with van der Waals surface area (Å²) in [4.78, 5) is 22.7. The van der Waals surface area contributed by atoms with E-state index < -0.39 is 33.6 Å². The van der Waals surface area contributed by atoms with Crippen molar-refractivity contribution in [3.63, 3.8) is 0 Å². The lowest BCUT2D eigenvalue weighted by Crippen LogP contribution is -2.28. The van der Waals surface area contributed by atoms with Crippen LogP contribution in [-0.4, -0.2) is 16.0 Å². The lowest BCUT2D eigenvalue weighted by molar-refractivity contribution is -0.387. The molecule has 0 saturated heterocycles. The summed E-state index contributed by atoms with van der Waals surface area (Å²) in [5, 5.41) is 17.3. The van der Waals surface area contributed by atoms with E-state index in [0.717, 1.165) is 12.1 Å². The molecule has 9 heteroatoms. The largest absolute Gasteiger partial charge is 0.356 e. The molecule has 1 N–H and O–H groups in total. The minimum Gasteiger partial charge on any atom is -0.356 e. The number of carbonyl (C=O) groups excluding carboxylic acids is 1. The van der Waals surface area contributed by atoms with Gasteiger partial charge in [0, 0.05) is 17.8 Å². The van der Waals surface area contributed by atoms with Gasteiger partial charge in [0.25, 0.3) is 0 Å². The van der Waals surface area contributed by atoms with Gasteiger partial charge >= 0.3 is 5.69 Å². The zero-order valence-corrected chi connectivity index (χ0v) is 14.3. The molecular weight excluding hydrogens is 372 g/mol. The average Bonchev–Trinajstić information content (AvgIpc) is 3.34. The Kier molecular flexibility index (Phi) is 4.14. The van der Waals surface area contributed by atoms with Crippen molar-refractivity contribution in [3.05, 3.63) is 76.0 Å². The molecule has 28 heavy (non-hydrogen) atoms. The number of nitro benzene ring substituents is 1. The van der Waals surface area contributed by atoms with Crippen LogP contribution in [0.3, 0.4) is 0 Å². The van der Waals surface area contributed by atoms with Gasteiger partial charge in [-0.1, -0.05) is 17.3 Å². The van der Waals surface area contributed by atoms with Crippen LogP contribution in [0, 0.1) is 21.7 Å². The SMILES string of the molecule is O=C(Nc1ccc(F)c([N+](=O)[O-])c1)C1(c2cc(-c3ccccc3F)on2)CC1. The van der Waals surface area contributed by atoms with Gasteiger partial charge in [-0.05, 0) is 37.1 Å². The quantitative estimate of drug-likeness (QED) is 0.524. The first kappa shape index (κ1) is 17.8. The number of rotatable bonds is 5. The Bertz CT molecular complexity index is 1090. The summed E-state index contributed by atoms with van der Waals surface area (Å²) in [6.07, 6.45) is 0.983. The van der Waals surface area contributed by atoms with Gasteiger partial charge in [0.1, 0.15) is 5.82 Å². The monoisotopic (exact) mass is 385 g/mol. The van der Waals surface area contributed by atoms with Gasteiger partial charge in [-0.3, -0.25) is 14.9 Å². The third kappa shape index (κ3) is 3.00. The summed E-state index contributed by atoms with van der Waals surface area (Å²) in [5.74, 6) is -1.71. The first-order chi connectivity index (χ1) is 13.4. The van der Waals surface area contributed by atoms with E-state index in [-0.39, 0.29) is 17.0 Å². The van der Waals surface area contributed by atoms with Crippen LogP contribution in [0.4, 0.5) is 20.2 Å². The fourth-order valence-corrected chi connectivity index (χ4v) is 2.99. The van der Waals surface area contributed by atoms with Crippen molar-refractivity contribution >= 4 is 17.3 Å². The van der Waals surface area contributed by atoms with E-state index >= 15 is 0 Å². The molecule has 2 aromatic carbocycles. The average molecular weight is 385 g/mol. The zero-order valence-electron chi connectivity index (χ0n) is 14.3. The van der Waals surface area contributed by atoms with Crippen LogP contribution in [0.1, 0.15) is 18.5 Å². The Balaban J connectivity index is 1.58. The summed E-state index contributed by atoms with van der Waals surface area (Å²) >= 11 is 0. The van der Waals surface area contributed by atoms with Crippen molar-refractivity contribution in [2.45, 2.75) is 18.3 Å². The molecule has 1 amide bonds. The van der Waals surface area contributed by atoms with Crippen LogP contribution in [0.5, 0.6) is 0 Å². The van der Waals surface area contributed by atoms with Crippen molar-refractivity contribution in [3.8, 4) is 11.3 Å². The molecule has 0 bridgehead atoms. The van der Waals surface area contributed by atoms with Crippen LogP contribution in [0.25, 0.3) is 11.3 Å². The van der Waals surface area contributed by atoms with Crippen molar-refractivity contribution in [2.24, 2.45) is 0 Å². The number of anilines is 1. The molecule has 0 unspecified atom stereocenters. The van der Waals surface area contributed by atoms with E-state index in [2.05, 4.69) is 10.5 Å². The van der Waals surface area contributed by atoms with E-state index in [1.54, 1.807) is 12.1 Å². The van der Waals surface area contributed by atoms with Gasteiger partial charge in [-0.25, -0.2) is 4.39 Å². The molecular formula is C19H13F2N3O4. The molecule has 3 aromatic rings. The van der Waals surface area contributed by atoms with Crippen LogP contribution >= 0.6 is 0 Å². The fraction of sp³-hybridized carbons (Fsp3) is 0.158. The first-order valence-corrected chi connectivity index (χ1v) is 8.38. The second kappa shape index (κ2) is 6.52. The highest BCUT2D eigenvalue weighted by Crippen LogP contribution is 2.49. The summed E-state index contributed by atoms with van der Waals surface area (Å²) in [6, 6.07) is 10.7. The number of carbonyl (C=O) groups is 1. The van der Waals surface area contributed by atoms with Crippen molar-refractivity contribution in [2.75, 3.05) is 5.32 Å². The van der Waals surface area contributed by atoms with Gasteiger partial charge in [0.05, 0.1) is 21.6 Å². The maximum absolute atomic E-state index is 13.9. The summed E-state index contributed by atoms with van der Waals surface area (Å²) in [5.41, 5.74) is -1.02. The number of nitrogens with one attached hydrogen (secondary N) is 1. The Morgan fingerprint density at radius 2 is 1.89 bits per heavy atom. The number of aromatic nitrogens is 1. The zero-order chi connectivity index (χ0) is 19.9. The Morgan fingerprint density at radius 3 is 2.57 bits per heavy atom. The second-order valence-corrected chi connectivity index (χ2v) is 6.52. The van der Waals surface area contributed by atoms with Crippen molar-refractivity contribution in [1.82, 2.24) is 5.16 Å². The predicted octanol–water partition coefficient (Wildman–Crippen LogP) is 4.20. The van der Waals surface area contributed by atoms with Gasteiger partial charge in [-0.2, -0.15) is 4.39 Å². The number of nitro groups is 1. The lowest BCUT2D eigenvalue weighted by Gasteiger charge is -2.12.